The van der Waals surface area contributed by atoms with E-state index in [-0.39, 0.29) is 5.92 Å². The summed E-state index contributed by atoms with van der Waals surface area (Å²) in [7, 11) is 0. The molecular formula is C27H36O6. The van der Waals surface area contributed by atoms with E-state index in [1.165, 1.54) is 20.8 Å². The van der Waals surface area contributed by atoms with Crippen LogP contribution in [-0.2, 0) is 25.5 Å². The Kier molecular flexibility index (Phi) is 9.44. The van der Waals surface area contributed by atoms with Crippen LogP contribution in [-0.4, -0.2) is 24.0 Å². The lowest BCUT2D eigenvalue weighted by molar-refractivity contribution is -0.147. The maximum Gasteiger partial charge on any atom is 0.308 e. The summed E-state index contributed by atoms with van der Waals surface area (Å²) in [5.41, 5.74) is 3.10. The van der Waals surface area contributed by atoms with Crippen LogP contribution < -0.4 is 9.47 Å². The number of rotatable bonds is 9. The van der Waals surface area contributed by atoms with Crippen molar-refractivity contribution in [2.45, 2.75) is 85.2 Å². The fraction of sp³-hybridized carbons (Fsp3) is 0.519. The Hall–Kier alpha value is -2.89. The Morgan fingerprint density at radius 1 is 0.970 bits per heavy atom. The van der Waals surface area contributed by atoms with Gasteiger partial charge in [-0.15, -0.1) is 0 Å². The van der Waals surface area contributed by atoms with Crippen LogP contribution in [0.5, 0.6) is 11.5 Å². The second kappa shape index (κ2) is 11.8. The van der Waals surface area contributed by atoms with E-state index in [9.17, 15) is 14.4 Å². The van der Waals surface area contributed by atoms with E-state index in [1.54, 1.807) is 0 Å². The molecule has 6 nitrogen and oxygen atoms in total. The zero-order valence-electron chi connectivity index (χ0n) is 20.5. The number of esters is 3. The van der Waals surface area contributed by atoms with Gasteiger partial charge in [-0.25, -0.2) is 0 Å². The molecule has 1 saturated carbocycles. The Morgan fingerprint density at radius 3 is 2.00 bits per heavy atom. The lowest BCUT2D eigenvalue weighted by atomic mass is 9.68. The van der Waals surface area contributed by atoms with E-state index in [1.807, 2.05) is 19.1 Å². The molecule has 6 heteroatoms. The van der Waals surface area contributed by atoms with Crippen molar-refractivity contribution in [1.82, 2.24) is 0 Å². The maximum atomic E-state index is 12.0. The topological polar surface area (TPSA) is 78.9 Å². The number of unbranched alkanes of at least 4 members (excludes halogenated alkanes) is 2. The van der Waals surface area contributed by atoms with Crippen molar-refractivity contribution >= 4 is 17.9 Å². The van der Waals surface area contributed by atoms with Crippen LogP contribution in [0, 0.1) is 5.92 Å². The molecule has 1 aliphatic rings. The summed E-state index contributed by atoms with van der Waals surface area (Å²) in [6.07, 6.45) is 4.60. The highest BCUT2D eigenvalue weighted by Crippen LogP contribution is 2.50. The van der Waals surface area contributed by atoms with Crippen LogP contribution in [0.25, 0.3) is 0 Å². The molecule has 3 atom stereocenters. The summed E-state index contributed by atoms with van der Waals surface area (Å²) >= 11 is 0. The highest BCUT2D eigenvalue weighted by atomic mass is 16.6. The minimum atomic E-state index is -0.660. The van der Waals surface area contributed by atoms with E-state index in [0.717, 1.165) is 48.8 Å². The van der Waals surface area contributed by atoms with Gasteiger partial charge < -0.3 is 14.2 Å². The van der Waals surface area contributed by atoms with Crippen molar-refractivity contribution in [3.05, 3.63) is 47.6 Å². The van der Waals surface area contributed by atoms with Crippen molar-refractivity contribution in [2.24, 2.45) is 5.92 Å². The monoisotopic (exact) mass is 456 g/mol. The predicted octanol–water partition coefficient (Wildman–Crippen LogP) is 5.83. The van der Waals surface area contributed by atoms with E-state index >= 15 is 0 Å². The van der Waals surface area contributed by atoms with Crippen LogP contribution >= 0.6 is 0 Å². The Bertz CT molecular complexity index is 892. The summed E-state index contributed by atoms with van der Waals surface area (Å²) in [4.78, 5) is 36.1. The maximum absolute atomic E-state index is 12.0. The molecule has 0 radical (unpaired) electrons. The van der Waals surface area contributed by atoms with Crippen LogP contribution in [0.1, 0.15) is 83.8 Å². The van der Waals surface area contributed by atoms with Crippen LogP contribution in [0.15, 0.2) is 36.4 Å². The number of hydrogen-bond acceptors (Lipinski definition) is 6. The summed E-state index contributed by atoms with van der Waals surface area (Å²) in [5, 5.41) is 0. The van der Waals surface area contributed by atoms with Crippen molar-refractivity contribution in [3.63, 3.8) is 0 Å². The normalized spacial score (nSPS) is 20.2. The summed E-state index contributed by atoms with van der Waals surface area (Å²) in [6, 6.07) is 3.66. The van der Waals surface area contributed by atoms with Gasteiger partial charge in [0.15, 0.2) is 0 Å². The van der Waals surface area contributed by atoms with Crippen LogP contribution in [0.2, 0.25) is 0 Å². The van der Waals surface area contributed by atoms with E-state index in [0.29, 0.717) is 23.5 Å². The van der Waals surface area contributed by atoms with Crippen molar-refractivity contribution in [3.8, 4) is 11.5 Å². The molecule has 1 aromatic carbocycles. The first kappa shape index (κ1) is 26.4. The third-order valence-corrected chi connectivity index (χ3v) is 5.94. The van der Waals surface area contributed by atoms with E-state index in [2.05, 4.69) is 20.1 Å². The number of benzene rings is 1. The number of carbonyl (C=O) groups is 3. The van der Waals surface area contributed by atoms with E-state index in [4.69, 9.17) is 14.2 Å². The summed E-state index contributed by atoms with van der Waals surface area (Å²) in [5.74, 6) is -1.32. The van der Waals surface area contributed by atoms with E-state index < -0.39 is 29.9 Å². The zero-order valence-corrected chi connectivity index (χ0v) is 20.5. The van der Waals surface area contributed by atoms with Gasteiger partial charge in [-0.2, -0.15) is 0 Å². The van der Waals surface area contributed by atoms with Gasteiger partial charge >= 0.3 is 17.9 Å². The number of allylic oxidation sites excluding steroid dienone is 1. The molecular weight excluding hydrogens is 420 g/mol. The number of hydrogen-bond donors (Lipinski definition) is 0. The second-order valence-electron chi connectivity index (χ2n) is 8.86. The molecule has 0 N–H and O–H groups in total. The molecule has 0 saturated heterocycles. The van der Waals surface area contributed by atoms with Gasteiger partial charge in [0.2, 0.25) is 0 Å². The minimum absolute atomic E-state index is 0.0885. The second-order valence-corrected chi connectivity index (χ2v) is 8.86. The fourth-order valence-corrected chi connectivity index (χ4v) is 4.55. The van der Waals surface area contributed by atoms with Gasteiger partial charge in [-0.05, 0) is 61.8 Å². The molecule has 0 heterocycles. The molecule has 1 aromatic rings. The Balaban J connectivity index is 2.76. The lowest BCUT2D eigenvalue weighted by Gasteiger charge is -2.40. The predicted molar refractivity (Wildman–Crippen MR) is 127 cm³/mol. The smallest absolute Gasteiger partial charge is 0.308 e. The first-order valence-electron chi connectivity index (χ1n) is 11.6. The van der Waals surface area contributed by atoms with Gasteiger partial charge in [-0.1, -0.05) is 38.5 Å². The van der Waals surface area contributed by atoms with Gasteiger partial charge in [0.05, 0.1) is 0 Å². The number of aryl methyl sites for hydroxylation is 1. The highest BCUT2D eigenvalue weighted by molar-refractivity contribution is 5.74. The largest absolute Gasteiger partial charge is 0.457 e. The molecule has 180 valence electrons. The SMILES string of the molecule is C=C(C)[C@@H]1CCC(=C)[C@H](OC(C)=O)C1c1c(OC(C)=O)cc(CCCCC)cc1OC(C)=O. The van der Waals surface area contributed by atoms with Gasteiger partial charge in [0.1, 0.15) is 17.6 Å². The number of ether oxygens (including phenoxy) is 3. The highest BCUT2D eigenvalue weighted by Gasteiger charge is 2.42. The molecule has 0 spiro atoms. The van der Waals surface area contributed by atoms with Crippen molar-refractivity contribution in [1.29, 1.82) is 0 Å². The van der Waals surface area contributed by atoms with Crippen LogP contribution in [0.4, 0.5) is 0 Å². The molecule has 1 aliphatic carbocycles. The van der Waals surface area contributed by atoms with Gasteiger partial charge in [0, 0.05) is 32.3 Å². The molecule has 0 amide bonds. The lowest BCUT2D eigenvalue weighted by Crippen LogP contribution is -2.36. The molecule has 33 heavy (non-hydrogen) atoms. The standard InChI is InChI=1S/C27H36O6/c1-8-9-10-11-21-14-23(31-18(5)28)26(24(15-21)32-19(6)29)25-22(16(2)3)13-12-17(4)27(25)33-20(7)30/h14-15,22,25,27H,2,4,8-13H2,1,3,5-7H3/t22-,25?,27-/m0/s1. The minimum Gasteiger partial charge on any atom is -0.457 e. The Labute approximate surface area is 197 Å². The third kappa shape index (κ3) is 7.04. The molecule has 2 rings (SSSR count). The van der Waals surface area contributed by atoms with Gasteiger partial charge in [-0.3, -0.25) is 14.4 Å². The molecule has 0 aromatic heterocycles. The fourth-order valence-electron chi connectivity index (χ4n) is 4.55. The zero-order chi connectivity index (χ0) is 24.7. The average molecular weight is 457 g/mol. The first-order valence-corrected chi connectivity index (χ1v) is 11.6. The first-order chi connectivity index (χ1) is 15.5. The Morgan fingerprint density at radius 2 is 1.55 bits per heavy atom. The molecule has 1 unspecified atom stereocenters. The van der Waals surface area contributed by atoms with Crippen molar-refractivity contribution < 1.29 is 28.6 Å². The molecule has 0 aliphatic heterocycles. The molecule has 0 bridgehead atoms. The van der Waals surface area contributed by atoms with Crippen LogP contribution in [0.3, 0.4) is 0 Å². The average Bonchev–Trinajstić information content (AvgIpc) is 2.68. The summed E-state index contributed by atoms with van der Waals surface area (Å²) < 4.78 is 17.0. The third-order valence-electron chi connectivity index (χ3n) is 5.94. The summed E-state index contributed by atoms with van der Waals surface area (Å²) in [6.45, 7) is 16.4. The molecule has 1 fully saturated rings. The van der Waals surface area contributed by atoms with Gasteiger partial charge in [0.25, 0.3) is 0 Å². The number of carbonyl (C=O) groups excluding carboxylic acids is 3. The van der Waals surface area contributed by atoms with Crippen molar-refractivity contribution in [2.75, 3.05) is 0 Å². The quantitative estimate of drug-likeness (QED) is 0.201.